The lowest BCUT2D eigenvalue weighted by Gasteiger charge is -2.16. The number of anilines is 1. The van der Waals surface area contributed by atoms with E-state index in [1.807, 2.05) is 30.1 Å². The van der Waals surface area contributed by atoms with Crippen LogP contribution in [0.4, 0.5) is 5.00 Å². The van der Waals surface area contributed by atoms with Gasteiger partial charge in [-0.2, -0.15) is 0 Å². The van der Waals surface area contributed by atoms with Crippen molar-refractivity contribution in [1.29, 1.82) is 0 Å². The van der Waals surface area contributed by atoms with Crippen molar-refractivity contribution >= 4 is 39.8 Å². The van der Waals surface area contributed by atoms with Gasteiger partial charge in [-0.25, -0.2) is 0 Å². The lowest BCUT2D eigenvalue weighted by molar-refractivity contribution is -0.117. The molecule has 1 aromatic heterocycles. The standard InChI is InChI=1S/C15H16ClN3O2S/c1-19(8-10-3-2-4-11(16)7-10)9-13(20)18-15-12(14(17)21)5-6-22-15/h2-7H,8-9H2,1H3,(H2,17,21)(H,18,20). The number of halogens is 1. The molecule has 2 aromatic rings. The van der Waals surface area contributed by atoms with Gasteiger partial charge in [0.15, 0.2) is 0 Å². The van der Waals surface area contributed by atoms with E-state index in [4.69, 9.17) is 17.3 Å². The first kappa shape index (κ1) is 16.5. The van der Waals surface area contributed by atoms with E-state index in [9.17, 15) is 9.59 Å². The quantitative estimate of drug-likeness (QED) is 0.850. The Balaban J connectivity index is 1.91. The van der Waals surface area contributed by atoms with Gasteiger partial charge in [0, 0.05) is 11.6 Å². The number of primary amides is 1. The number of hydrogen-bond donors (Lipinski definition) is 2. The second kappa shape index (κ2) is 7.40. The number of rotatable bonds is 6. The first-order chi connectivity index (χ1) is 10.5. The van der Waals surface area contributed by atoms with Crippen LogP contribution in [0.5, 0.6) is 0 Å². The van der Waals surface area contributed by atoms with E-state index >= 15 is 0 Å². The highest BCUT2D eigenvalue weighted by Gasteiger charge is 2.13. The van der Waals surface area contributed by atoms with E-state index in [0.29, 0.717) is 22.1 Å². The number of benzene rings is 1. The average molecular weight is 338 g/mol. The van der Waals surface area contributed by atoms with E-state index in [-0.39, 0.29) is 12.5 Å². The van der Waals surface area contributed by atoms with Crippen molar-refractivity contribution in [2.45, 2.75) is 6.54 Å². The second-order valence-electron chi connectivity index (χ2n) is 4.88. The maximum atomic E-state index is 12.0. The van der Waals surface area contributed by atoms with E-state index in [1.165, 1.54) is 11.3 Å². The molecule has 5 nitrogen and oxygen atoms in total. The molecule has 1 heterocycles. The highest BCUT2D eigenvalue weighted by atomic mass is 35.5. The molecular formula is C15H16ClN3O2S. The summed E-state index contributed by atoms with van der Waals surface area (Å²) in [5, 5.41) is 5.57. The van der Waals surface area contributed by atoms with Crippen molar-refractivity contribution in [2.75, 3.05) is 18.9 Å². The number of likely N-dealkylation sites (N-methyl/N-ethyl adjacent to an activating group) is 1. The number of thiophene rings is 1. The van der Waals surface area contributed by atoms with Gasteiger partial charge in [0.25, 0.3) is 5.91 Å². The van der Waals surface area contributed by atoms with Gasteiger partial charge in [-0.3, -0.25) is 14.5 Å². The molecule has 3 N–H and O–H groups in total. The minimum Gasteiger partial charge on any atom is -0.366 e. The molecule has 2 rings (SSSR count). The van der Waals surface area contributed by atoms with Crippen LogP contribution in [-0.2, 0) is 11.3 Å². The van der Waals surface area contributed by atoms with E-state index < -0.39 is 5.91 Å². The smallest absolute Gasteiger partial charge is 0.251 e. The van der Waals surface area contributed by atoms with Crippen LogP contribution in [0.3, 0.4) is 0 Å². The molecule has 0 aliphatic rings. The molecule has 116 valence electrons. The number of nitrogens with one attached hydrogen (secondary N) is 1. The molecule has 0 atom stereocenters. The first-order valence-corrected chi connectivity index (χ1v) is 7.81. The van der Waals surface area contributed by atoms with E-state index in [0.717, 1.165) is 5.56 Å². The largest absolute Gasteiger partial charge is 0.366 e. The molecule has 0 aliphatic carbocycles. The molecule has 0 fully saturated rings. The third kappa shape index (κ3) is 4.56. The van der Waals surface area contributed by atoms with Crippen LogP contribution in [0.25, 0.3) is 0 Å². The van der Waals surface area contributed by atoms with Gasteiger partial charge in [-0.15, -0.1) is 11.3 Å². The van der Waals surface area contributed by atoms with Crippen LogP contribution in [-0.4, -0.2) is 30.3 Å². The second-order valence-corrected chi connectivity index (χ2v) is 6.23. The Labute approximate surface area is 137 Å². The third-order valence-corrected chi connectivity index (χ3v) is 4.00. The van der Waals surface area contributed by atoms with Gasteiger partial charge in [0.05, 0.1) is 12.1 Å². The average Bonchev–Trinajstić information content (AvgIpc) is 2.86. The van der Waals surface area contributed by atoms with Gasteiger partial charge in [-0.1, -0.05) is 23.7 Å². The highest BCUT2D eigenvalue weighted by molar-refractivity contribution is 7.14. The Morgan fingerprint density at radius 3 is 2.82 bits per heavy atom. The van der Waals surface area contributed by atoms with Crippen molar-refractivity contribution in [3.63, 3.8) is 0 Å². The van der Waals surface area contributed by atoms with Crippen LogP contribution < -0.4 is 11.1 Å². The summed E-state index contributed by atoms with van der Waals surface area (Å²) in [7, 11) is 1.84. The highest BCUT2D eigenvalue weighted by Crippen LogP contribution is 2.22. The van der Waals surface area contributed by atoms with Crippen molar-refractivity contribution < 1.29 is 9.59 Å². The fraction of sp³-hybridized carbons (Fsp3) is 0.200. The fourth-order valence-electron chi connectivity index (χ4n) is 2.01. The van der Waals surface area contributed by atoms with Crippen molar-refractivity contribution in [3.05, 3.63) is 51.9 Å². The van der Waals surface area contributed by atoms with Gasteiger partial charge < -0.3 is 11.1 Å². The fourth-order valence-corrected chi connectivity index (χ4v) is 3.04. The minimum absolute atomic E-state index is 0.197. The van der Waals surface area contributed by atoms with Crippen LogP contribution in [0.2, 0.25) is 5.02 Å². The Hall–Kier alpha value is -1.89. The lowest BCUT2D eigenvalue weighted by atomic mass is 10.2. The molecular weight excluding hydrogens is 322 g/mol. The summed E-state index contributed by atoms with van der Waals surface area (Å²) in [5.41, 5.74) is 6.60. The summed E-state index contributed by atoms with van der Waals surface area (Å²) >= 11 is 7.21. The van der Waals surface area contributed by atoms with E-state index in [1.54, 1.807) is 17.5 Å². The SMILES string of the molecule is CN(CC(=O)Nc1sccc1C(N)=O)Cc1cccc(Cl)c1. The summed E-state index contributed by atoms with van der Waals surface area (Å²) in [6.45, 7) is 0.795. The summed E-state index contributed by atoms with van der Waals surface area (Å²) in [4.78, 5) is 25.1. The number of hydrogen-bond acceptors (Lipinski definition) is 4. The van der Waals surface area contributed by atoms with E-state index in [2.05, 4.69) is 5.32 Å². The predicted octanol–water partition coefficient (Wildman–Crippen LogP) is 2.57. The molecule has 0 saturated heterocycles. The zero-order valence-corrected chi connectivity index (χ0v) is 13.6. The van der Waals surface area contributed by atoms with Gasteiger partial charge in [0.1, 0.15) is 5.00 Å². The molecule has 0 bridgehead atoms. The monoisotopic (exact) mass is 337 g/mol. The Morgan fingerprint density at radius 1 is 1.36 bits per heavy atom. The summed E-state index contributed by atoms with van der Waals surface area (Å²) < 4.78 is 0. The maximum absolute atomic E-state index is 12.0. The number of carbonyl (C=O) groups is 2. The molecule has 0 radical (unpaired) electrons. The lowest BCUT2D eigenvalue weighted by Crippen LogP contribution is -2.30. The van der Waals surface area contributed by atoms with Crippen molar-refractivity contribution in [2.24, 2.45) is 5.73 Å². The molecule has 0 saturated carbocycles. The number of carbonyl (C=O) groups excluding carboxylic acids is 2. The Morgan fingerprint density at radius 2 is 2.14 bits per heavy atom. The Bertz CT molecular complexity index is 687. The molecule has 1 aromatic carbocycles. The number of nitrogens with two attached hydrogens (primary N) is 1. The zero-order chi connectivity index (χ0) is 16.1. The summed E-state index contributed by atoms with van der Waals surface area (Å²) in [6.07, 6.45) is 0. The minimum atomic E-state index is -0.552. The predicted molar refractivity (Wildman–Crippen MR) is 89.3 cm³/mol. The number of amides is 2. The molecule has 0 unspecified atom stereocenters. The van der Waals surface area contributed by atoms with Crippen LogP contribution >= 0.6 is 22.9 Å². The summed E-state index contributed by atoms with van der Waals surface area (Å²) in [6, 6.07) is 9.08. The third-order valence-electron chi connectivity index (χ3n) is 2.94. The normalized spacial score (nSPS) is 10.7. The topological polar surface area (TPSA) is 75.4 Å². The van der Waals surface area contributed by atoms with Crippen molar-refractivity contribution in [3.8, 4) is 0 Å². The van der Waals surface area contributed by atoms with Crippen LogP contribution in [0.15, 0.2) is 35.7 Å². The van der Waals surface area contributed by atoms with Gasteiger partial charge in [0.2, 0.25) is 5.91 Å². The first-order valence-electron chi connectivity index (χ1n) is 6.56. The van der Waals surface area contributed by atoms with Crippen molar-refractivity contribution in [1.82, 2.24) is 4.90 Å². The zero-order valence-electron chi connectivity index (χ0n) is 12.0. The molecule has 22 heavy (non-hydrogen) atoms. The number of nitrogens with zero attached hydrogens (tertiary/aromatic N) is 1. The molecule has 0 aliphatic heterocycles. The Kier molecular flexibility index (Phi) is 5.54. The van der Waals surface area contributed by atoms with Gasteiger partial charge >= 0.3 is 0 Å². The molecule has 0 spiro atoms. The molecule has 7 heteroatoms. The van der Waals surface area contributed by atoms with Gasteiger partial charge in [-0.05, 0) is 36.2 Å². The molecule has 2 amide bonds. The summed E-state index contributed by atoms with van der Waals surface area (Å²) in [5.74, 6) is -0.752. The van der Waals surface area contributed by atoms with Crippen LogP contribution in [0, 0.1) is 0 Å². The maximum Gasteiger partial charge on any atom is 0.251 e. The van der Waals surface area contributed by atoms with Crippen LogP contribution in [0.1, 0.15) is 15.9 Å².